The average Bonchev–Trinajstić information content (AvgIpc) is 2.81. The van der Waals surface area contributed by atoms with Gasteiger partial charge in [-0.25, -0.2) is 9.97 Å². The first kappa shape index (κ1) is 13.9. The molecular weight excluding hydrogens is 313 g/mol. The number of halogens is 2. The second kappa shape index (κ2) is 5.38. The second-order valence-corrected chi connectivity index (χ2v) is 5.18. The van der Waals surface area contributed by atoms with Crippen LogP contribution in [0.25, 0.3) is 11.0 Å². The minimum absolute atomic E-state index is 0.106. The number of nitrogens with two attached hydrogens (primary N) is 1. The van der Waals surface area contributed by atoms with Crippen molar-refractivity contribution in [2.24, 2.45) is 7.05 Å². The molecule has 3 aromatic rings. The van der Waals surface area contributed by atoms with Crippen LogP contribution in [0.1, 0.15) is 5.82 Å². The fraction of sp³-hybridized carbons (Fsp3) is 0.154. The normalized spacial score (nSPS) is 11.0. The second-order valence-electron chi connectivity index (χ2n) is 4.37. The summed E-state index contributed by atoms with van der Waals surface area (Å²) in [5.41, 5.74) is 6.53. The Morgan fingerprint density at radius 2 is 1.95 bits per heavy atom. The molecule has 0 saturated heterocycles. The van der Waals surface area contributed by atoms with Gasteiger partial charge in [-0.1, -0.05) is 29.3 Å². The van der Waals surface area contributed by atoms with Crippen molar-refractivity contribution in [3.63, 3.8) is 0 Å². The van der Waals surface area contributed by atoms with Gasteiger partial charge in [0.25, 0.3) is 0 Å². The standard InChI is InChI=1S/C13H11Cl2N5O/c1-20-13-7(5-17-20)12(16)18-10(19-13)6-21-11-8(14)3-2-4-9(11)15/h2-5H,6H2,1H3,(H2,16,18,19). The molecule has 108 valence electrons. The molecule has 21 heavy (non-hydrogen) atoms. The largest absolute Gasteiger partial charge is 0.482 e. The molecule has 8 heteroatoms. The summed E-state index contributed by atoms with van der Waals surface area (Å²) in [6.45, 7) is 0.106. The molecule has 0 aliphatic carbocycles. The number of fused-ring (bicyclic) bond motifs is 1. The van der Waals surface area contributed by atoms with Crippen molar-refractivity contribution >= 4 is 40.1 Å². The third kappa shape index (κ3) is 2.59. The van der Waals surface area contributed by atoms with Crippen molar-refractivity contribution in [3.8, 4) is 5.75 Å². The van der Waals surface area contributed by atoms with E-state index in [0.29, 0.717) is 38.5 Å². The van der Waals surface area contributed by atoms with E-state index in [1.54, 1.807) is 36.1 Å². The topological polar surface area (TPSA) is 78.9 Å². The van der Waals surface area contributed by atoms with Gasteiger partial charge in [-0.05, 0) is 12.1 Å². The minimum atomic E-state index is 0.106. The Balaban J connectivity index is 1.90. The van der Waals surface area contributed by atoms with Crippen LogP contribution < -0.4 is 10.5 Å². The zero-order valence-electron chi connectivity index (χ0n) is 11.0. The van der Waals surface area contributed by atoms with E-state index in [2.05, 4.69) is 15.1 Å². The Morgan fingerprint density at radius 1 is 1.24 bits per heavy atom. The summed E-state index contributed by atoms with van der Waals surface area (Å²) < 4.78 is 7.22. The number of hydrogen-bond acceptors (Lipinski definition) is 5. The Bertz CT molecular complexity index is 797. The summed E-state index contributed by atoms with van der Waals surface area (Å²) in [4.78, 5) is 8.56. The van der Waals surface area contributed by atoms with E-state index >= 15 is 0 Å². The van der Waals surface area contributed by atoms with E-state index in [4.69, 9.17) is 33.7 Å². The van der Waals surface area contributed by atoms with E-state index in [0.717, 1.165) is 0 Å². The highest BCUT2D eigenvalue weighted by Gasteiger charge is 2.11. The molecule has 0 spiro atoms. The zero-order valence-corrected chi connectivity index (χ0v) is 12.6. The quantitative estimate of drug-likeness (QED) is 0.801. The number of nitrogen functional groups attached to an aromatic ring is 1. The predicted molar refractivity (Wildman–Crippen MR) is 81.5 cm³/mol. The number of benzene rings is 1. The molecular formula is C13H11Cl2N5O. The van der Waals surface area contributed by atoms with Crippen LogP contribution in [0.15, 0.2) is 24.4 Å². The van der Waals surface area contributed by atoms with E-state index in [1.807, 2.05) is 0 Å². The summed E-state index contributed by atoms with van der Waals surface area (Å²) in [7, 11) is 1.78. The summed E-state index contributed by atoms with van der Waals surface area (Å²) in [5.74, 6) is 1.18. The zero-order chi connectivity index (χ0) is 15.0. The molecule has 0 atom stereocenters. The summed E-state index contributed by atoms with van der Waals surface area (Å²) in [6.07, 6.45) is 1.63. The average molecular weight is 324 g/mol. The van der Waals surface area contributed by atoms with Gasteiger partial charge >= 0.3 is 0 Å². The molecule has 0 amide bonds. The first-order chi connectivity index (χ1) is 10.1. The maximum Gasteiger partial charge on any atom is 0.170 e. The number of anilines is 1. The Morgan fingerprint density at radius 3 is 2.67 bits per heavy atom. The van der Waals surface area contributed by atoms with Gasteiger partial charge in [0, 0.05) is 7.05 Å². The highest BCUT2D eigenvalue weighted by molar-refractivity contribution is 6.37. The fourth-order valence-electron chi connectivity index (χ4n) is 1.91. The van der Waals surface area contributed by atoms with Crippen molar-refractivity contribution in [1.29, 1.82) is 0 Å². The molecule has 0 saturated carbocycles. The fourth-order valence-corrected chi connectivity index (χ4v) is 2.42. The Hall–Kier alpha value is -2.05. The lowest BCUT2D eigenvalue weighted by molar-refractivity contribution is 0.297. The van der Waals surface area contributed by atoms with Crippen LogP contribution in [-0.4, -0.2) is 19.7 Å². The Labute approximate surface area is 130 Å². The summed E-state index contributed by atoms with van der Waals surface area (Å²) in [6, 6.07) is 5.14. The number of ether oxygens (including phenoxy) is 1. The van der Waals surface area contributed by atoms with E-state index < -0.39 is 0 Å². The van der Waals surface area contributed by atoms with Crippen LogP contribution in [0.4, 0.5) is 5.82 Å². The molecule has 3 rings (SSSR count). The molecule has 0 bridgehead atoms. The lowest BCUT2D eigenvalue weighted by Crippen LogP contribution is -2.06. The summed E-state index contributed by atoms with van der Waals surface area (Å²) in [5, 5.41) is 5.66. The van der Waals surface area contributed by atoms with E-state index in [9.17, 15) is 0 Å². The van der Waals surface area contributed by atoms with Gasteiger partial charge in [0.15, 0.2) is 17.2 Å². The molecule has 0 fully saturated rings. The van der Waals surface area contributed by atoms with Crippen molar-refractivity contribution in [2.45, 2.75) is 6.61 Å². The molecule has 0 unspecified atom stereocenters. The number of hydrogen-bond donors (Lipinski definition) is 1. The predicted octanol–water partition coefficient (Wildman–Crippen LogP) is 2.83. The van der Waals surface area contributed by atoms with Gasteiger partial charge in [0.1, 0.15) is 12.4 Å². The van der Waals surface area contributed by atoms with Crippen molar-refractivity contribution in [1.82, 2.24) is 19.7 Å². The van der Waals surface area contributed by atoms with Crippen molar-refractivity contribution in [3.05, 3.63) is 40.3 Å². The van der Waals surface area contributed by atoms with Gasteiger partial charge in [-0.3, -0.25) is 4.68 Å². The lowest BCUT2D eigenvalue weighted by Gasteiger charge is -2.09. The highest BCUT2D eigenvalue weighted by atomic mass is 35.5. The summed E-state index contributed by atoms with van der Waals surface area (Å²) >= 11 is 12.1. The molecule has 0 aliphatic heterocycles. The molecule has 0 radical (unpaired) electrons. The maximum atomic E-state index is 6.04. The molecule has 2 heterocycles. The van der Waals surface area contributed by atoms with Crippen LogP contribution >= 0.6 is 23.2 Å². The monoisotopic (exact) mass is 323 g/mol. The van der Waals surface area contributed by atoms with Gasteiger partial charge in [0.05, 0.1) is 21.6 Å². The van der Waals surface area contributed by atoms with Crippen molar-refractivity contribution < 1.29 is 4.74 Å². The van der Waals surface area contributed by atoms with Crippen molar-refractivity contribution in [2.75, 3.05) is 5.73 Å². The van der Waals surface area contributed by atoms with E-state index in [1.165, 1.54) is 0 Å². The van der Waals surface area contributed by atoms with E-state index in [-0.39, 0.29) is 6.61 Å². The molecule has 1 aromatic carbocycles. The Kier molecular flexibility index (Phi) is 3.57. The molecule has 2 N–H and O–H groups in total. The van der Waals surface area contributed by atoms with Crippen LogP contribution in [-0.2, 0) is 13.7 Å². The first-order valence-electron chi connectivity index (χ1n) is 6.07. The molecule has 0 aliphatic rings. The maximum absolute atomic E-state index is 6.04. The third-order valence-corrected chi connectivity index (χ3v) is 3.53. The SMILES string of the molecule is Cn1ncc2c(N)nc(COc3c(Cl)cccc3Cl)nc21. The number of nitrogens with zero attached hydrogens (tertiary/aromatic N) is 4. The smallest absolute Gasteiger partial charge is 0.170 e. The molecule has 6 nitrogen and oxygen atoms in total. The molecule has 2 aromatic heterocycles. The van der Waals surface area contributed by atoms with Crippen LogP contribution in [0.3, 0.4) is 0 Å². The number of aryl methyl sites for hydroxylation is 1. The van der Waals surface area contributed by atoms with Gasteiger partial charge < -0.3 is 10.5 Å². The first-order valence-corrected chi connectivity index (χ1v) is 6.83. The number of para-hydroxylation sites is 1. The number of aromatic nitrogens is 4. The lowest BCUT2D eigenvalue weighted by atomic mass is 10.3. The van der Waals surface area contributed by atoms with Crippen LogP contribution in [0.5, 0.6) is 5.75 Å². The van der Waals surface area contributed by atoms with Gasteiger partial charge in [-0.15, -0.1) is 0 Å². The van der Waals surface area contributed by atoms with Crippen LogP contribution in [0, 0.1) is 0 Å². The number of rotatable bonds is 3. The van der Waals surface area contributed by atoms with Gasteiger partial charge in [-0.2, -0.15) is 5.10 Å². The highest BCUT2D eigenvalue weighted by Crippen LogP contribution is 2.32. The van der Waals surface area contributed by atoms with Gasteiger partial charge in [0.2, 0.25) is 0 Å². The van der Waals surface area contributed by atoms with Crippen LogP contribution in [0.2, 0.25) is 10.0 Å². The minimum Gasteiger partial charge on any atom is -0.482 e. The third-order valence-electron chi connectivity index (χ3n) is 2.93.